The summed E-state index contributed by atoms with van der Waals surface area (Å²) in [4.78, 5) is 0. The van der Waals surface area contributed by atoms with Crippen molar-refractivity contribution in [2.75, 3.05) is 60.2 Å². The highest BCUT2D eigenvalue weighted by molar-refractivity contribution is 4.52. The molecule has 0 amide bonds. The van der Waals surface area contributed by atoms with Gasteiger partial charge in [-0.3, -0.25) is 8.97 Å². The molecule has 0 rings (SSSR count). The van der Waals surface area contributed by atoms with Gasteiger partial charge >= 0.3 is 0 Å². The molecule has 4 nitrogen and oxygen atoms in total. The SMILES string of the molecule is CCCCCCCCCCCCCCCC[N+](C)(CCO)C[N+](C)(CCO)CCCCCCCCCCCCCCCC. The van der Waals surface area contributed by atoms with Crippen molar-refractivity contribution >= 4 is 0 Å². The van der Waals surface area contributed by atoms with Crippen LogP contribution in [0.1, 0.15) is 194 Å². The molecule has 0 aromatic heterocycles. The third kappa shape index (κ3) is 29.0. The van der Waals surface area contributed by atoms with E-state index in [9.17, 15) is 10.2 Å². The summed E-state index contributed by atoms with van der Waals surface area (Å²) in [5.41, 5.74) is 0. The highest BCUT2D eigenvalue weighted by Gasteiger charge is 2.33. The average Bonchev–Trinajstić information content (AvgIpc) is 2.97. The van der Waals surface area contributed by atoms with E-state index in [-0.39, 0.29) is 13.2 Å². The van der Waals surface area contributed by atoms with Crippen LogP contribution < -0.4 is 0 Å². The molecule has 0 aromatic carbocycles. The smallest absolute Gasteiger partial charge is 0.207 e. The molecule has 260 valence electrons. The van der Waals surface area contributed by atoms with Gasteiger partial charge in [-0.25, -0.2) is 0 Å². The molecule has 2 N–H and O–H groups in total. The molecule has 0 aliphatic carbocycles. The molecule has 0 saturated carbocycles. The number of aliphatic hydroxyl groups excluding tert-OH is 2. The normalized spacial score (nSPS) is 14.7. The first-order valence-corrected chi connectivity index (χ1v) is 19.8. The zero-order valence-corrected chi connectivity index (χ0v) is 30.5. The predicted octanol–water partition coefficient (Wildman–Crippen LogP) is 10.8. The Kier molecular flexibility index (Phi) is 31.7. The van der Waals surface area contributed by atoms with E-state index in [1.165, 1.54) is 180 Å². The largest absolute Gasteiger partial charge is 0.391 e. The average molecular weight is 613 g/mol. The van der Waals surface area contributed by atoms with E-state index < -0.39 is 0 Å². The van der Waals surface area contributed by atoms with E-state index in [1.54, 1.807) is 0 Å². The summed E-state index contributed by atoms with van der Waals surface area (Å²) in [5.74, 6) is 0. The number of nitrogens with zero attached hydrogens (tertiary/aromatic N) is 2. The van der Waals surface area contributed by atoms with Crippen molar-refractivity contribution in [3.8, 4) is 0 Å². The Bertz CT molecular complexity index is 499. The third-order valence-corrected chi connectivity index (χ3v) is 10.1. The lowest BCUT2D eigenvalue weighted by molar-refractivity contribution is -1.09. The van der Waals surface area contributed by atoms with E-state index in [0.29, 0.717) is 0 Å². The maximum Gasteiger partial charge on any atom is 0.207 e. The Morgan fingerprint density at radius 3 is 0.721 bits per heavy atom. The Balaban J connectivity index is 4.04. The molecule has 0 aliphatic rings. The third-order valence-electron chi connectivity index (χ3n) is 10.1. The van der Waals surface area contributed by atoms with Crippen LogP contribution in [-0.2, 0) is 0 Å². The van der Waals surface area contributed by atoms with E-state index in [2.05, 4.69) is 27.9 Å². The summed E-state index contributed by atoms with van der Waals surface area (Å²) >= 11 is 0. The van der Waals surface area contributed by atoms with Gasteiger partial charge in [0.1, 0.15) is 13.1 Å². The van der Waals surface area contributed by atoms with Crippen LogP contribution in [-0.4, -0.2) is 79.3 Å². The van der Waals surface area contributed by atoms with Gasteiger partial charge in [0.15, 0.2) is 0 Å². The molecule has 0 heterocycles. The molecule has 0 saturated heterocycles. The summed E-state index contributed by atoms with van der Waals surface area (Å²) < 4.78 is 1.87. The maximum absolute atomic E-state index is 9.88. The van der Waals surface area contributed by atoms with E-state index in [4.69, 9.17) is 0 Å². The van der Waals surface area contributed by atoms with Gasteiger partial charge in [-0.1, -0.05) is 168 Å². The lowest BCUT2D eigenvalue weighted by Crippen LogP contribution is -2.61. The van der Waals surface area contributed by atoms with Crippen LogP contribution in [0.3, 0.4) is 0 Å². The van der Waals surface area contributed by atoms with Crippen LogP contribution in [0.4, 0.5) is 0 Å². The minimum absolute atomic E-state index is 0.257. The zero-order valence-electron chi connectivity index (χ0n) is 30.5. The van der Waals surface area contributed by atoms with Crippen molar-refractivity contribution in [3.63, 3.8) is 0 Å². The molecule has 2 unspecified atom stereocenters. The lowest BCUT2D eigenvalue weighted by atomic mass is 10.0. The van der Waals surface area contributed by atoms with Crippen LogP contribution in [0.25, 0.3) is 0 Å². The van der Waals surface area contributed by atoms with Crippen molar-refractivity contribution in [1.82, 2.24) is 0 Å². The second-order valence-corrected chi connectivity index (χ2v) is 14.9. The summed E-state index contributed by atoms with van der Waals surface area (Å²) in [6.45, 7) is 10.1. The topological polar surface area (TPSA) is 40.5 Å². The fourth-order valence-electron chi connectivity index (χ4n) is 7.19. The summed E-state index contributed by atoms with van der Waals surface area (Å²) in [6, 6.07) is 0. The van der Waals surface area contributed by atoms with Gasteiger partial charge < -0.3 is 10.2 Å². The first-order chi connectivity index (χ1) is 20.9. The molecule has 0 fully saturated rings. The molecule has 0 spiro atoms. The number of rotatable bonds is 36. The van der Waals surface area contributed by atoms with E-state index >= 15 is 0 Å². The summed E-state index contributed by atoms with van der Waals surface area (Å²) in [5, 5.41) is 19.8. The van der Waals surface area contributed by atoms with Crippen LogP contribution in [0.5, 0.6) is 0 Å². The standard InChI is InChI=1S/C39H84N2O2/c1-5-7-9-11-13-15-17-19-21-23-25-27-29-31-33-40(3,35-37-42)39-41(4,36-38-43)34-32-30-28-26-24-22-20-18-16-14-12-10-8-6-2/h42-43H,5-39H2,1-4H3/q+2. The van der Waals surface area contributed by atoms with E-state index in [1.807, 2.05) is 0 Å². The van der Waals surface area contributed by atoms with Crippen LogP contribution in [0, 0.1) is 0 Å². The summed E-state index contributed by atoms with van der Waals surface area (Å²) in [7, 11) is 4.69. The van der Waals surface area contributed by atoms with Gasteiger partial charge in [0, 0.05) is 0 Å². The quantitative estimate of drug-likeness (QED) is 0.0420. The second-order valence-electron chi connectivity index (χ2n) is 14.9. The number of aliphatic hydroxyl groups is 2. The summed E-state index contributed by atoms with van der Waals surface area (Å²) in [6.07, 6.45) is 39.1. The second kappa shape index (κ2) is 31.8. The number of likely N-dealkylation sites (N-methyl/N-ethyl adjacent to an activating group) is 2. The molecule has 0 bridgehead atoms. The highest BCUT2D eigenvalue weighted by atomic mass is 16.3. The fourth-order valence-corrected chi connectivity index (χ4v) is 7.19. The van der Waals surface area contributed by atoms with Crippen molar-refractivity contribution < 1.29 is 19.2 Å². The molecule has 2 atom stereocenters. The van der Waals surface area contributed by atoms with Crippen molar-refractivity contribution in [2.45, 2.75) is 194 Å². The molecule has 0 aromatic rings. The van der Waals surface area contributed by atoms with Crippen LogP contribution in [0.15, 0.2) is 0 Å². The number of hydrogen-bond acceptors (Lipinski definition) is 2. The zero-order chi connectivity index (χ0) is 31.7. The highest BCUT2D eigenvalue weighted by Crippen LogP contribution is 2.18. The Morgan fingerprint density at radius 2 is 0.512 bits per heavy atom. The lowest BCUT2D eigenvalue weighted by Gasteiger charge is -2.43. The van der Waals surface area contributed by atoms with Gasteiger partial charge in [-0.05, 0) is 25.7 Å². The molecule has 0 radical (unpaired) electrons. The molecular formula is C39H84N2O2+2. The van der Waals surface area contributed by atoms with Gasteiger partial charge in [-0.2, -0.15) is 0 Å². The molecule has 4 heteroatoms. The number of quaternary nitrogens is 2. The molecule has 0 aliphatic heterocycles. The first-order valence-electron chi connectivity index (χ1n) is 19.8. The van der Waals surface area contributed by atoms with E-state index in [0.717, 1.165) is 41.8 Å². The van der Waals surface area contributed by atoms with Gasteiger partial charge in [-0.15, -0.1) is 0 Å². The monoisotopic (exact) mass is 613 g/mol. The Hall–Kier alpha value is -0.160. The van der Waals surface area contributed by atoms with Gasteiger partial charge in [0.2, 0.25) is 6.67 Å². The predicted molar refractivity (Wildman–Crippen MR) is 191 cm³/mol. The van der Waals surface area contributed by atoms with Crippen molar-refractivity contribution in [1.29, 1.82) is 0 Å². The Morgan fingerprint density at radius 1 is 0.302 bits per heavy atom. The van der Waals surface area contributed by atoms with Crippen LogP contribution >= 0.6 is 0 Å². The first kappa shape index (κ1) is 42.8. The van der Waals surface area contributed by atoms with Gasteiger partial charge in [0.05, 0.1) is 40.4 Å². The van der Waals surface area contributed by atoms with Crippen molar-refractivity contribution in [2.24, 2.45) is 0 Å². The van der Waals surface area contributed by atoms with Gasteiger partial charge in [0.25, 0.3) is 0 Å². The minimum atomic E-state index is 0.257. The minimum Gasteiger partial charge on any atom is -0.391 e. The number of hydrogen-bond donors (Lipinski definition) is 2. The molecule has 43 heavy (non-hydrogen) atoms. The molecular weight excluding hydrogens is 528 g/mol. The Labute approximate surface area is 272 Å². The van der Waals surface area contributed by atoms with Crippen LogP contribution in [0.2, 0.25) is 0 Å². The fraction of sp³-hybridized carbons (Fsp3) is 1.00. The maximum atomic E-state index is 9.88. The number of unbranched alkanes of at least 4 members (excludes halogenated alkanes) is 26. The van der Waals surface area contributed by atoms with Crippen molar-refractivity contribution in [3.05, 3.63) is 0 Å².